The van der Waals surface area contributed by atoms with Crippen LogP contribution in [-0.2, 0) is 0 Å². The molecule has 1 aromatic carbocycles. The van der Waals surface area contributed by atoms with Gasteiger partial charge in [0, 0.05) is 26.2 Å². The van der Waals surface area contributed by atoms with Crippen molar-refractivity contribution in [3.63, 3.8) is 0 Å². The zero-order valence-corrected chi connectivity index (χ0v) is 14.5. The molecule has 23 heavy (non-hydrogen) atoms. The van der Waals surface area contributed by atoms with Crippen LogP contribution < -0.4 is 10.1 Å². The van der Waals surface area contributed by atoms with E-state index in [0.29, 0.717) is 0 Å². The first-order valence-corrected chi connectivity index (χ1v) is 6.91. The Bertz CT molecular complexity index is 509. The molecule has 1 fully saturated rings. The molecule has 0 aromatic heterocycles. The number of nitrogens with one attached hydrogen (secondary N) is 1. The molecule has 0 aliphatic carbocycles. The van der Waals surface area contributed by atoms with Crippen molar-refractivity contribution in [2.24, 2.45) is 0 Å². The molecule has 0 unspecified atom stereocenters. The summed E-state index contributed by atoms with van der Waals surface area (Å²) in [5, 5.41) is 3.18. The third-order valence-electron chi connectivity index (χ3n) is 3.29. The molecule has 1 aliphatic heterocycles. The van der Waals surface area contributed by atoms with Gasteiger partial charge in [-0.3, -0.25) is 4.90 Å². The summed E-state index contributed by atoms with van der Waals surface area (Å²) in [5.74, 6) is -0.393. The van der Waals surface area contributed by atoms with Crippen molar-refractivity contribution in [1.82, 2.24) is 10.2 Å². The van der Waals surface area contributed by atoms with Crippen LogP contribution in [0.5, 0.6) is 5.75 Å². The lowest BCUT2D eigenvalue weighted by Gasteiger charge is -2.33. The van der Waals surface area contributed by atoms with E-state index < -0.39 is 12.1 Å². The molecule has 1 N–H and O–H groups in total. The minimum atomic E-state index is -4.75. The quantitative estimate of drug-likeness (QED) is 0.775. The summed E-state index contributed by atoms with van der Waals surface area (Å²) in [6.07, 6.45) is -2.98. The van der Waals surface area contributed by atoms with Gasteiger partial charge in [0.15, 0.2) is 0 Å². The molecule has 0 saturated carbocycles. The van der Waals surface area contributed by atoms with Gasteiger partial charge in [0.05, 0.1) is 11.1 Å². The van der Waals surface area contributed by atoms with Crippen LogP contribution in [0.1, 0.15) is 11.6 Å². The van der Waals surface area contributed by atoms with E-state index in [2.05, 4.69) is 21.5 Å². The van der Waals surface area contributed by atoms with Gasteiger partial charge >= 0.3 is 6.36 Å². The van der Waals surface area contributed by atoms with Crippen LogP contribution in [0.2, 0.25) is 5.02 Å². The van der Waals surface area contributed by atoms with Gasteiger partial charge in [-0.2, -0.15) is 0 Å². The molecule has 0 amide bonds. The maximum Gasteiger partial charge on any atom is 0.573 e. The van der Waals surface area contributed by atoms with E-state index in [-0.39, 0.29) is 35.9 Å². The van der Waals surface area contributed by atoms with E-state index in [1.807, 2.05) is 0 Å². The van der Waals surface area contributed by atoms with Crippen molar-refractivity contribution in [3.8, 4) is 5.75 Å². The molecule has 1 atom stereocenters. The van der Waals surface area contributed by atoms with Crippen molar-refractivity contribution >= 4 is 36.4 Å². The number of halogens is 6. The van der Waals surface area contributed by atoms with Crippen molar-refractivity contribution in [2.75, 3.05) is 26.2 Å². The monoisotopic (exact) mass is 392 g/mol. The van der Waals surface area contributed by atoms with Crippen molar-refractivity contribution < 1.29 is 17.9 Å². The Balaban J connectivity index is 0.00000242. The normalized spacial score (nSPS) is 16.7. The third-order valence-corrected chi connectivity index (χ3v) is 3.59. The molecule has 1 aliphatic rings. The average Bonchev–Trinajstić information content (AvgIpc) is 2.42. The Labute approximate surface area is 150 Å². The molecule has 9 heteroatoms. The smallest absolute Gasteiger partial charge is 0.404 e. The van der Waals surface area contributed by atoms with Gasteiger partial charge in [-0.15, -0.1) is 44.6 Å². The molecule has 1 aromatic rings. The van der Waals surface area contributed by atoms with Crippen LogP contribution in [0.15, 0.2) is 30.9 Å². The second-order valence-corrected chi connectivity index (χ2v) is 5.11. The van der Waals surface area contributed by atoms with Crippen LogP contribution in [0.3, 0.4) is 0 Å². The largest absolute Gasteiger partial charge is 0.573 e. The number of ether oxygens (including phenoxy) is 1. The Morgan fingerprint density at radius 2 is 1.87 bits per heavy atom. The first-order valence-electron chi connectivity index (χ1n) is 6.53. The lowest BCUT2D eigenvalue weighted by atomic mass is 10.0. The Morgan fingerprint density at radius 1 is 1.26 bits per heavy atom. The third kappa shape index (κ3) is 6.39. The van der Waals surface area contributed by atoms with E-state index in [9.17, 15) is 13.2 Å². The molecular formula is C14H18Cl3F3N2O. The van der Waals surface area contributed by atoms with Crippen molar-refractivity contribution in [3.05, 3.63) is 41.4 Å². The van der Waals surface area contributed by atoms with Crippen molar-refractivity contribution in [1.29, 1.82) is 0 Å². The molecule has 0 bridgehead atoms. The highest BCUT2D eigenvalue weighted by Gasteiger charge is 2.32. The summed E-state index contributed by atoms with van der Waals surface area (Å²) in [6, 6.07) is 4.24. The van der Waals surface area contributed by atoms with E-state index in [4.69, 9.17) is 11.6 Å². The predicted molar refractivity (Wildman–Crippen MR) is 90.0 cm³/mol. The van der Waals surface area contributed by atoms with Crippen molar-refractivity contribution in [2.45, 2.75) is 12.4 Å². The van der Waals surface area contributed by atoms with Gasteiger partial charge in [0.1, 0.15) is 5.75 Å². The van der Waals surface area contributed by atoms with E-state index in [0.717, 1.165) is 31.7 Å². The molecule has 1 heterocycles. The summed E-state index contributed by atoms with van der Waals surface area (Å²) >= 11 is 5.89. The summed E-state index contributed by atoms with van der Waals surface area (Å²) in [6.45, 7) is 7.23. The van der Waals surface area contributed by atoms with Gasteiger partial charge in [0.2, 0.25) is 0 Å². The second-order valence-electron chi connectivity index (χ2n) is 4.70. The standard InChI is InChI=1S/C14H16ClF3N2O.2ClH/c1-2-12(20-7-5-19-6-8-20)10-3-4-13(11(15)9-10)21-14(16,17)18;;/h2-4,9,12,19H,1,5-8H2;2*1H/t12-;;/m1../s1. The fraction of sp³-hybridized carbons (Fsp3) is 0.429. The number of hydrogen-bond donors (Lipinski definition) is 1. The first-order chi connectivity index (χ1) is 9.90. The molecule has 2 rings (SSSR count). The van der Waals surface area contributed by atoms with Gasteiger partial charge in [-0.05, 0) is 17.7 Å². The minimum absolute atomic E-state index is 0. The van der Waals surface area contributed by atoms with Crippen LogP contribution in [0.4, 0.5) is 13.2 Å². The predicted octanol–water partition coefficient (Wildman–Crippen LogP) is 4.21. The van der Waals surface area contributed by atoms with E-state index >= 15 is 0 Å². The maximum absolute atomic E-state index is 12.2. The summed E-state index contributed by atoms with van der Waals surface area (Å²) in [4.78, 5) is 2.19. The Morgan fingerprint density at radius 3 is 2.35 bits per heavy atom. The highest BCUT2D eigenvalue weighted by molar-refractivity contribution is 6.32. The Hall–Kier alpha value is -0.660. The summed E-state index contributed by atoms with van der Waals surface area (Å²) in [7, 11) is 0. The molecule has 1 saturated heterocycles. The lowest BCUT2D eigenvalue weighted by Crippen LogP contribution is -2.44. The average molecular weight is 394 g/mol. The minimum Gasteiger partial charge on any atom is -0.404 e. The number of nitrogens with zero attached hydrogens (tertiary/aromatic N) is 1. The van der Waals surface area contributed by atoms with Gasteiger partial charge in [0.25, 0.3) is 0 Å². The highest BCUT2D eigenvalue weighted by atomic mass is 35.5. The van der Waals surface area contributed by atoms with Crippen LogP contribution >= 0.6 is 36.4 Å². The number of benzene rings is 1. The fourth-order valence-corrected chi connectivity index (χ4v) is 2.59. The lowest BCUT2D eigenvalue weighted by molar-refractivity contribution is -0.274. The highest BCUT2D eigenvalue weighted by Crippen LogP contribution is 2.33. The molecule has 3 nitrogen and oxygen atoms in total. The number of alkyl halides is 3. The van der Waals surface area contributed by atoms with E-state index in [1.165, 1.54) is 12.1 Å². The van der Waals surface area contributed by atoms with Gasteiger partial charge < -0.3 is 10.1 Å². The second kappa shape index (κ2) is 9.59. The SMILES string of the molecule is C=C[C@H](c1ccc(OC(F)(F)F)c(Cl)c1)N1CCNCC1.Cl.Cl. The molecular weight excluding hydrogens is 376 g/mol. The zero-order valence-electron chi connectivity index (χ0n) is 12.1. The maximum atomic E-state index is 12.2. The van der Waals surface area contributed by atoms with Gasteiger partial charge in [-0.25, -0.2) is 0 Å². The van der Waals surface area contributed by atoms with Gasteiger partial charge in [-0.1, -0.05) is 23.7 Å². The van der Waals surface area contributed by atoms with Crippen LogP contribution in [0, 0.1) is 0 Å². The fourth-order valence-electron chi connectivity index (χ4n) is 2.36. The summed E-state index contributed by atoms with van der Waals surface area (Å²) in [5.41, 5.74) is 0.798. The van der Waals surface area contributed by atoms with Crippen LogP contribution in [0.25, 0.3) is 0 Å². The number of piperazine rings is 1. The summed E-state index contributed by atoms with van der Waals surface area (Å²) < 4.78 is 40.5. The Kier molecular flexibility index (Phi) is 9.32. The number of hydrogen-bond acceptors (Lipinski definition) is 3. The molecule has 0 radical (unpaired) electrons. The topological polar surface area (TPSA) is 24.5 Å². The zero-order chi connectivity index (χ0) is 15.5. The molecule has 0 spiro atoms. The first kappa shape index (κ1) is 22.3. The van der Waals surface area contributed by atoms with Crippen LogP contribution in [-0.4, -0.2) is 37.4 Å². The number of rotatable bonds is 4. The molecule has 132 valence electrons. The van der Waals surface area contributed by atoms with E-state index in [1.54, 1.807) is 12.1 Å².